The fraction of sp³-hybridized carbons (Fsp3) is 0.259. The number of fused-ring (bicyclic) bond motifs is 1. The highest BCUT2D eigenvalue weighted by Crippen LogP contribution is 2.35. The zero-order valence-corrected chi connectivity index (χ0v) is 23.5. The van der Waals surface area contributed by atoms with Gasteiger partial charge in [0.25, 0.3) is 0 Å². The van der Waals surface area contributed by atoms with Gasteiger partial charge in [0.1, 0.15) is 23.9 Å². The Balaban J connectivity index is 1.61. The van der Waals surface area contributed by atoms with Crippen LogP contribution in [0.5, 0.6) is 17.2 Å². The summed E-state index contributed by atoms with van der Waals surface area (Å²) in [7, 11) is 0.226. The number of ether oxygens (including phenoxy) is 3. The minimum atomic E-state index is -1.23. The third-order valence-electron chi connectivity index (χ3n) is 5.72. The van der Waals surface area contributed by atoms with Crippen LogP contribution in [0.25, 0.3) is 11.0 Å². The number of carbonyl (C=O) groups is 1. The first-order valence-electron chi connectivity index (χ1n) is 11.6. The first-order valence-corrected chi connectivity index (χ1v) is 16.1. The van der Waals surface area contributed by atoms with E-state index in [-0.39, 0.29) is 28.8 Å². The van der Waals surface area contributed by atoms with Crippen molar-refractivity contribution < 1.29 is 23.4 Å². The Labute approximate surface area is 225 Å². The van der Waals surface area contributed by atoms with E-state index in [2.05, 4.69) is 24.6 Å². The molecule has 0 atom stereocenters. The molecule has 4 aromatic rings. The van der Waals surface area contributed by atoms with Crippen molar-refractivity contribution in [2.45, 2.75) is 32.4 Å². The predicted molar refractivity (Wildman–Crippen MR) is 147 cm³/mol. The quantitative estimate of drug-likeness (QED) is 0.112. The summed E-state index contributed by atoms with van der Waals surface area (Å²) in [6.45, 7) is 7.73. The van der Waals surface area contributed by atoms with Gasteiger partial charge in [0.05, 0.1) is 22.7 Å². The molecule has 0 radical (unpaired) electrons. The highest BCUT2D eigenvalue weighted by molar-refractivity contribution is 6.76. The van der Waals surface area contributed by atoms with Crippen LogP contribution in [0.3, 0.4) is 0 Å². The molecule has 0 saturated heterocycles. The van der Waals surface area contributed by atoms with Gasteiger partial charge < -0.3 is 18.8 Å². The molecule has 2 aromatic carbocycles. The fourth-order valence-electron chi connectivity index (χ4n) is 3.73. The van der Waals surface area contributed by atoms with Crippen LogP contribution in [0, 0.1) is 5.82 Å². The lowest BCUT2D eigenvalue weighted by Gasteiger charge is -2.15. The Morgan fingerprint density at radius 3 is 2.51 bits per heavy atom. The molecule has 0 saturated carbocycles. The van der Waals surface area contributed by atoms with E-state index in [9.17, 15) is 9.18 Å². The number of pyridine rings is 1. The van der Waals surface area contributed by atoms with E-state index in [4.69, 9.17) is 37.4 Å². The smallest absolute Gasteiger partial charge is 0.196 e. The molecule has 0 N–H and O–H groups in total. The second-order valence-corrected chi connectivity index (χ2v) is 16.2. The van der Waals surface area contributed by atoms with Crippen molar-refractivity contribution in [3.05, 3.63) is 81.8 Å². The van der Waals surface area contributed by atoms with Crippen molar-refractivity contribution in [2.75, 3.05) is 13.7 Å². The molecule has 10 heteroatoms. The molecule has 194 valence electrons. The topological polar surface area (TPSA) is 62.6 Å². The molecule has 0 amide bonds. The van der Waals surface area contributed by atoms with E-state index in [0.717, 1.165) is 6.04 Å². The van der Waals surface area contributed by atoms with Crippen LogP contribution in [0.15, 0.2) is 54.9 Å². The number of hydrogen-bond acceptors (Lipinski definition) is 5. The molecule has 0 aliphatic heterocycles. The molecular formula is C27H27Cl2FN2O4Si. The maximum absolute atomic E-state index is 13.7. The number of rotatable bonds is 10. The number of benzene rings is 2. The molecule has 0 aliphatic rings. The normalized spacial score (nSPS) is 11.6. The summed E-state index contributed by atoms with van der Waals surface area (Å²) in [5, 5.41) is 1.11. The molecule has 0 aliphatic carbocycles. The SMILES string of the molecule is COc1ccc(F)cc1Oc1ccc(C(=O)c2cn(COCC[Si](C)(C)C)c3nccc(Cl)c23)c(Cl)c1. The number of aromatic nitrogens is 2. The van der Waals surface area contributed by atoms with Gasteiger partial charge in [0.15, 0.2) is 17.3 Å². The highest BCUT2D eigenvalue weighted by Gasteiger charge is 2.22. The standard InChI is InChI=1S/C27H27Cl2FN2O4Si/c1-34-23-8-5-17(30)13-24(23)36-18-6-7-19(22(29)14-18)26(33)20-15-32(16-35-11-12-37(2,3)4)27-25(20)21(28)9-10-31-27/h5-10,13-15H,11-12,16H2,1-4H3. The van der Waals surface area contributed by atoms with E-state index in [1.807, 2.05) is 0 Å². The molecule has 0 unspecified atom stereocenters. The van der Waals surface area contributed by atoms with Gasteiger partial charge in [-0.1, -0.05) is 42.8 Å². The largest absolute Gasteiger partial charge is 0.493 e. The molecule has 0 fully saturated rings. The zero-order chi connectivity index (χ0) is 26.7. The summed E-state index contributed by atoms with van der Waals surface area (Å²) in [5.41, 5.74) is 1.18. The van der Waals surface area contributed by atoms with Crippen molar-refractivity contribution in [3.63, 3.8) is 0 Å². The molecular weight excluding hydrogens is 534 g/mol. The minimum Gasteiger partial charge on any atom is -0.493 e. The van der Waals surface area contributed by atoms with Crippen molar-refractivity contribution in [3.8, 4) is 17.2 Å². The highest BCUT2D eigenvalue weighted by atomic mass is 35.5. The molecule has 2 heterocycles. The van der Waals surface area contributed by atoms with Crippen molar-refractivity contribution >= 4 is 48.1 Å². The van der Waals surface area contributed by atoms with Crippen LogP contribution in [-0.2, 0) is 11.5 Å². The van der Waals surface area contributed by atoms with E-state index >= 15 is 0 Å². The lowest BCUT2D eigenvalue weighted by molar-refractivity contribution is 0.0896. The van der Waals surface area contributed by atoms with Crippen LogP contribution < -0.4 is 9.47 Å². The second-order valence-electron chi connectivity index (χ2n) is 9.72. The second kappa shape index (κ2) is 11.2. The van der Waals surface area contributed by atoms with Gasteiger partial charge in [0.2, 0.25) is 0 Å². The summed E-state index contributed by atoms with van der Waals surface area (Å²) >= 11 is 13.0. The molecule has 2 aromatic heterocycles. The third kappa shape index (κ3) is 6.33. The number of halogens is 3. The average Bonchev–Trinajstić information content (AvgIpc) is 3.21. The summed E-state index contributed by atoms with van der Waals surface area (Å²) in [6, 6.07) is 11.3. The molecule has 4 rings (SSSR count). The number of ketones is 1. The van der Waals surface area contributed by atoms with Gasteiger partial charge in [-0.15, -0.1) is 0 Å². The van der Waals surface area contributed by atoms with E-state index < -0.39 is 13.9 Å². The Hall–Kier alpha value is -2.91. The summed E-state index contributed by atoms with van der Waals surface area (Å²) in [4.78, 5) is 18.0. The number of carbonyl (C=O) groups excluding carboxylic acids is 1. The predicted octanol–water partition coefficient (Wildman–Crippen LogP) is 7.83. The Morgan fingerprint density at radius 2 is 1.81 bits per heavy atom. The zero-order valence-electron chi connectivity index (χ0n) is 21.0. The number of methoxy groups -OCH3 is 1. The fourth-order valence-corrected chi connectivity index (χ4v) is 4.99. The van der Waals surface area contributed by atoms with Crippen LogP contribution in [-0.4, -0.2) is 37.1 Å². The summed E-state index contributed by atoms with van der Waals surface area (Å²) < 4.78 is 32.4. The van der Waals surface area contributed by atoms with Gasteiger partial charge in [0, 0.05) is 50.2 Å². The van der Waals surface area contributed by atoms with E-state index in [1.165, 1.54) is 31.4 Å². The Bertz CT molecular complexity index is 1450. The summed E-state index contributed by atoms with van der Waals surface area (Å²) in [6.07, 6.45) is 3.29. The van der Waals surface area contributed by atoms with E-state index in [0.29, 0.717) is 39.7 Å². The van der Waals surface area contributed by atoms with Crippen LogP contribution in [0.1, 0.15) is 15.9 Å². The Kier molecular flexibility index (Phi) is 8.23. The van der Waals surface area contributed by atoms with Gasteiger partial charge in [-0.3, -0.25) is 4.79 Å². The maximum atomic E-state index is 13.7. The molecule has 6 nitrogen and oxygen atoms in total. The monoisotopic (exact) mass is 560 g/mol. The van der Waals surface area contributed by atoms with Gasteiger partial charge >= 0.3 is 0 Å². The lowest BCUT2D eigenvalue weighted by atomic mass is 10.0. The minimum absolute atomic E-state index is 0.171. The van der Waals surface area contributed by atoms with Gasteiger partial charge in [-0.05, 0) is 36.4 Å². The molecule has 0 spiro atoms. The molecule has 0 bridgehead atoms. The number of hydrogen-bond donors (Lipinski definition) is 0. The maximum Gasteiger partial charge on any atom is 0.196 e. The summed E-state index contributed by atoms with van der Waals surface area (Å²) in [5.74, 6) is 0.0800. The van der Waals surface area contributed by atoms with Gasteiger partial charge in [-0.25, -0.2) is 9.37 Å². The first kappa shape index (κ1) is 27.1. The Morgan fingerprint density at radius 1 is 1.03 bits per heavy atom. The van der Waals surface area contributed by atoms with Crippen LogP contribution >= 0.6 is 23.2 Å². The first-order chi connectivity index (χ1) is 17.6. The van der Waals surface area contributed by atoms with Crippen LogP contribution in [0.2, 0.25) is 35.7 Å². The van der Waals surface area contributed by atoms with E-state index in [1.54, 1.807) is 35.2 Å². The van der Waals surface area contributed by atoms with Crippen molar-refractivity contribution in [1.29, 1.82) is 0 Å². The third-order valence-corrected chi connectivity index (χ3v) is 8.05. The average molecular weight is 562 g/mol. The molecule has 37 heavy (non-hydrogen) atoms. The van der Waals surface area contributed by atoms with Crippen LogP contribution in [0.4, 0.5) is 4.39 Å². The lowest BCUT2D eigenvalue weighted by Crippen LogP contribution is -2.22. The van der Waals surface area contributed by atoms with Crippen molar-refractivity contribution in [2.24, 2.45) is 0 Å². The van der Waals surface area contributed by atoms with Gasteiger partial charge in [-0.2, -0.15) is 0 Å². The van der Waals surface area contributed by atoms with Crippen molar-refractivity contribution in [1.82, 2.24) is 9.55 Å². The number of nitrogens with zero attached hydrogens (tertiary/aromatic N) is 2.